The molecule has 1 aliphatic heterocycles. The monoisotopic (exact) mass is 143 g/mol. The Morgan fingerprint density at radius 3 is 3.27 bits per heavy atom. The highest BCUT2D eigenvalue weighted by Crippen LogP contribution is 2.26. The maximum absolute atomic E-state index is 4.23. The van der Waals surface area contributed by atoms with Crippen molar-refractivity contribution in [3.63, 3.8) is 0 Å². The van der Waals surface area contributed by atoms with E-state index in [2.05, 4.69) is 35.9 Å². The van der Waals surface area contributed by atoms with Gasteiger partial charge < -0.3 is 0 Å². The lowest BCUT2D eigenvalue weighted by molar-refractivity contribution is 1.31. The van der Waals surface area contributed by atoms with Crippen LogP contribution in [0, 0.1) is 0 Å². The van der Waals surface area contributed by atoms with Crippen LogP contribution in [0.4, 0.5) is 0 Å². The summed E-state index contributed by atoms with van der Waals surface area (Å²) >= 11 is 0. The number of allylic oxidation sites excluding steroid dienone is 5. The molecule has 0 atom stereocenters. The molecule has 0 spiro atoms. The van der Waals surface area contributed by atoms with Gasteiger partial charge in [0.25, 0.3) is 0 Å². The van der Waals surface area contributed by atoms with E-state index < -0.39 is 0 Å². The van der Waals surface area contributed by atoms with E-state index in [0.717, 1.165) is 17.7 Å². The van der Waals surface area contributed by atoms with Gasteiger partial charge in [0.15, 0.2) is 0 Å². The maximum atomic E-state index is 4.23. The van der Waals surface area contributed by atoms with E-state index in [1.54, 1.807) is 0 Å². The van der Waals surface area contributed by atoms with Gasteiger partial charge in [-0.15, -0.1) is 0 Å². The molecule has 0 radical (unpaired) electrons. The number of aliphatic imine (C=N–C) groups is 1. The van der Waals surface area contributed by atoms with Crippen molar-refractivity contribution < 1.29 is 0 Å². The van der Waals surface area contributed by atoms with E-state index in [1.807, 2.05) is 6.21 Å². The number of hydrogen-bond acceptors (Lipinski definition) is 1. The Morgan fingerprint density at radius 2 is 2.36 bits per heavy atom. The van der Waals surface area contributed by atoms with Crippen LogP contribution in [0.2, 0.25) is 0 Å². The molecule has 1 heterocycles. The largest absolute Gasteiger partial charge is 0.256 e. The smallest absolute Gasteiger partial charge is 0.0671 e. The zero-order valence-corrected chi connectivity index (χ0v) is 6.25. The highest BCUT2D eigenvalue weighted by atomic mass is 14.8. The SMILES string of the molecule is C=C1C=NC2=CCC=CC=C12. The summed E-state index contributed by atoms with van der Waals surface area (Å²) in [5.41, 5.74) is 3.25. The molecule has 0 aromatic rings. The van der Waals surface area contributed by atoms with Crippen LogP contribution in [0.5, 0.6) is 0 Å². The molecule has 2 rings (SSSR count). The van der Waals surface area contributed by atoms with E-state index in [1.165, 1.54) is 5.57 Å². The number of rotatable bonds is 0. The third-order valence-electron chi connectivity index (χ3n) is 1.83. The van der Waals surface area contributed by atoms with Gasteiger partial charge in [-0.25, -0.2) is 0 Å². The van der Waals surface area contributed by atoms with Gasteiger partial charge in [-0.05, 0) is 12.0 Å². The Hall–Kier alpha value is -1.37. The predicted molar refractivity (Wildman–Crippen MR) is 47.6 cm³/mol. The van der Waals surface area contributed by atoms with Crippen molar-refractivity contribution in [3.8, 4) is 0 Å². The fourth-order valence-corrected chi connectivity index (χ4v) is 1.23. The van der Waals surface area contributed by atoms with E-state index in [-0.39, 0.29) is 0 Å². The van der Waals surface area contributed by atoms with Crippen LogP contribution in [0.25, 0.3) is 0 Å². The lowest BCUT2D eigenvalue weighted by atomic mass is 10.1. The fraction of sp³-hybridized carbons (Fsp3) is 0.100. The van der Waals surface area contributed by atoms with Crippen molar-refractivity contribution in [3.05, 3.63) is 47.7 Å². The number of hydrogen-bond donors (Lipinski definition) is 0. The van der Waals surface area contributed by atoms with Crippen LogP contribution < -0.4 is 0 Å². The Kier molecular flexibility index (Phi) is 1.35. The molecule has 0 bridgehead atoms. The second kappa shape index (κ2) is 2.35. The minimum atomic E-state index is 0.972. The van der Waals surface area contributed by atoms with Gasteiger partial charge in [-0.3, -0.25) is 4.99 Å². The number of fused-ring (bicyclic) bond motifs is 1. The lowest BCUT2D eigenvalue weighted by Gasteiger charge is -1.95. The second-order valence-corrected chi connectivity index (χ2v) is 2.62. The van der Waals surface area contributed by atoms with Crippen LogP contribution in [0.1, 0.15) is 6.42 Å². The van der Waals surface area contributed by atoms with Crippen LogP contribution in [0.3, 0.4) is 0 Å². The average molecular weight is 143 g/mol. The molecule has 0 amide bonds. The topological polar surface area (TPSA) is 12.4 Å². The van der Waals surface area contributed by atoms with Crippen molar-refractivity contribution in [1.82, 2.24) is 0 Å². The first kappa shape index (κ1) is 6.35. The summed E-state index contributed by atoms with van der Waals surface area (Å²) < 4.78 is 0. The second-order valence-electron chi connectivity index (χ2n) is 2.62. The summed E-state index contributed by atoms with van der Waals surface area (Å²) in [7, 11) is 0. The van der Waals surface area contributed by atoms with Gasteiger partial charge in [-0.1, -0.05) is 30.9 Å². The Labute approximate surface area is 66.1 Å². The molecular weight excluding hydrogens is 134 g/mol. The molecule has 0 aromatic carbocycles. The zero-order chi connectivity index (χ0) is 7.68. The molecule has 1 heteroatoms. The molecule has 1 aliphatic carbocycles. The quantitative estimate of drug-likeness (QED) is 0.493. The van der Waals surface area contributed by atoms with E-state index in [4.69, 9.17) is 0 Å². The fourth-order valence-electron chi connectivity index (χ4n) is 1.23. The molecule has 11 heavy (non-hydrogen) atoms. The van der Waals surface area contributed by atoms with Crippen LogP contribution in [-0.4, -0.2) is 6.21 Å². The third-order valence-corrected chi connectivity index (χ3v) is 1.83. The first-order valence-electron chi connectivity index (χ1n) is 3.68. The summed E-state index contributed by atoms with van der Waals surface area (Å²) in [6.45, 7) is 3.89. The van der Waals surface area contributed by atoms with Gasteiger partial charge in [0.2, 0.25) is 0 Å². The minimum Gasteiger partial charge on any atom is -0.256 e. The predicted octanol–water partition coefficient (Wildman–Crippen LogP) is 2.40. The van der Waals surface area contributed by atoms with Gasteiger partial charge in [-0.2, -0.15) is 0 Å². The normalized spacial score (nSPS) is 20.9. The van der Waals surface area contributed by atoms with Crippen LogP contribution in [0.15, 0.2) is 52.7 Å². The standard InChI is InChI=1S/C10H9N/c1-8-7-11-10-6-4-2-3-5-9(8)10/h2-3,5-7H,1,4H2. The van der Waals surface area contributed by atoms with E-state index >= 15 is 0 Å². The Balaban J connectivity index is 2.50. The zero-order valence-electron chi connectivity index (χ0n) is 6.25. The van der Waals surface area contributed by atoms with Crippen molar-refractivity contribution in [2.24, 2.45) is 4.99 Å². The molecule has 0 aromatic heterocycles. The molecule has 54 valence electrons. The highest BCUT2D eigenvalue weighted by Gasteiger charge is 2.12. The molecule has 1 nitrogen and oxygen atoms in total. The number of nitrogens with zero attached hydrogens (tertiary/aromatic N) is 1. The van der Waals surface area contributed by atoms with Gasteiger partial charge in [0, 0.05) is 11.8 Å². The Bertz CT molecular complexity index is 314. The lowest BCUT2D eigenvalue weighted by Crippen LogP contribution is -1.80. The molecule has 0 saturated carbocycles. The summed E-state index contributed by atoms with van der Waals surface area (Å²) in [5.74, 6) is 0. The van der Waals surface area contributed by atoms with Gasteiger partial charge >= 0.3 is 0 Å². The highest BCUT2D eigenvalue weighted by molar-refractivity contribution is 5.91. The van der Waals surface area contributed by atoms with E-state index in [9.17, 15) is 0 Å². The third kappa shape index (κ3) is 0.984. The minimum absolute atomic E-state index is 0.972. The summed E-state index contributed by atoms with van der Waals surface area (Å²) in [4.78, 5) is 4.23. The van der Waals surface area contributed by atoms with Crippen LogP contribution in [-0.2, 0) is 0 Å². The van der Waals surface area contributed by atoms with E-state index in [0.29, 0.717) is 0 Å². The molecule has 0 fully saturated rings. The maximum Gasteiger partial charge on any atom is 0.0671 e. The first-order valence-corrected chi connectivity index (χ1v) is 3.68. The summed E-state index contributed by atoms with van der Waals surface area (Å²) in [6.07, 6.45) is 11.1. The molecule has 0 unspecified atom stereocenters. The van der Waals surface area contributed by atoms with Crippen molar-refractivity contribution in [2.45, 2.75) is 6.42 Å². The molecule has 0 saturated heterocycles. The molecular formula is C10H9N. The van der Waals surface area contributed by atoms with Gasteiger partial charge in [0.1, 0.15) is 0 Å². The van der Waals surface area contributed by atoms with Crippen molar-refractivity contribution in [2.75, 3.05) is 0 Å². The van der Waals surface area contributed by atoms with Crippen LogP contribution >= 0.6 is 0 Å². The first-order chi connectivity index (χ1) is 5.38. The van der Waals surface area contributed by atoms with Gasteiger partial charge in [0.05, 0.1) is 5.70 Å². The molecule has 0 N–H and O–H groups in total. The van der Waals surface area contributed by atoms with Crippen molar-refractivity contribution in [1.29, 1.82) is 0 Å². The van der Waals surface area contributed by atoms with Crippen molar-refractivity contribution >= 4 is 6.21 Å². The molecule has 2 aliphatic rings. The average Bonchev–Trinajstić information content (AvgIpc) is 2.25. The summed E-state index contributed by atoms with van der Waals surface area (Å²) in [6, 6.07) is 0. The Morgan fingerprint density at radius 1 is 1.45 bits per heavy atom. The summed E-state index contributed by atoms with van der Waals surface area (Å²) in [5, 5.41) is 0.